The van der Waals surface area contributed by atoms with Crippen molar-refractivity contribution in [2.75, 3.05) is 26.5 Å². The predicted molar refractivity (Wildman–Crippen MR) is 125 cm³/mol. The summed E-state index contributed by atoms with van der Waals surface area (Å²) in [7, 11) is 6.42. The third-order valence-corrected chi connectivity index (χ3v) is 5.43. The van der Waals surface area contributed by atoms with Crippen molar-refractivity contribution in [1.29, 1.82) is 0 Å². The van der Waals surface area contributed by atoms with Crippen LogP contribution in [-0.2, 0) is 4.79 Å². The molecule has 1 N–H and O–H groups in total. The highest BCUT2D eigenvalue weighted by atomic mass is 127. The first kappa shape index (κ1) is 28.4. The summed E-state index contributed by atoms with van der Waals surface area (Å²) in [4.78, 5) is 12.1. The Hall–Kier alpha value is -0.620. The minimum atomic E-state index is 0. The number of hydrogen-bond acceptors (Lipinski definition) is 1. The van der Waals surface area contributed by atoms with E-state index in [1.807, 2.05) is 12.1 Å². The van der Waals surface area contributed by atoms with Crippen LogP contribution in [0.5, 0.6) is 0 Å². The Balaban J connectivity index is 0.00000784. The summed E-state index contributed by atoms with van der Waals surface area (Å²) in [6.07, 6.45) is 18.0. The number of carbonyl (C=O) groups is 1. The number of anilines is 1. The Morgan fingerprint density at radius 2 is 1.14 bits per heavy atom. The lowest BCUT2D eigenvalue weighted by Crippen LogP contribution is -3.00. The topological polar surface area (TPSA) is 29.1 Å². The van der Waals surface area contributed by atoms with E-state index < -0.39 is 0 Å². The zero-order valence-corrected chi connectivity index (χ0v) is 21.6. The van der Waals surface area contributed by atoms with Crippen LogP contribution in [0.4, 0.5) is 11.4 Å². The first-order chi connectivity index (χ1) is 13.4. The van der Waals surface area contributed by atoms with Gasteiger partial charge in [0.2, 0.25) is 5.91 Å². The van der Waals surface area contributed by atoms with Gasteiger partial charge in [-0.1, -0.05) is 84.0 Å². The van der Waals surface area contributed by atoms with Crippen molar-refractivity contribution < 1.29 is 28.8 Å². The molecule has 1 amide bonds. The van der Waals surface area contributed by atoms with Gasteiger partial charge in [0, 0.05) is 24.2 Å². The highest BCUT2D eigenvalue weighted by Gasteiger charge is 2.11. The van der Waals surface area contributed by atoms with Crippen molar-refractivity contribution in [2.45, 2.75) is 96.8 Å². The molecule has 0 aliphatic heterocycles. The van der Waals surface area contributed by atoms with Crippen LogP contribution < -0.4 is 33.8 Å². The minimum absolute atomic E-state index is 0. The highest BCUT2D eigenvalue weighted by molar-refractivity contribution is 5.90. The molecule has 29 heavy (non-hydrogen) atoms. The van der Waals surface area contributed by atoms with Gasteiger partial charge in [-0.2, -0.15) is 0 Å². The molecule has 4 heteroatoms. The monoisotopic (exact) mass is 516 g/mol. The SMILES string of the molecule is CCCCCCCCCCCCCCCC(=O)Nc1ccc([N+](C)(C)C)cc1.[I-]. The van der Waals surface area contributed by atoms with Gasteiger partial charge in [-0.05, 0) is 18.6 Å². The van der Waals surface area contributed by atoms with Crippen molar-refractivity contribution >= 4 is 17.3 Å². The molecule has 1 aromatic rings. The number of carbonyl (C=O) groups excluding carboxylic acids is 1. The molecule has 0 unspecified atom stereocenters. The first-order valence-electron chi connectivity index (χ1n) is 11.7. The number of amides is 1. The van der Waals surface area contributed by atoms with Crippen LogP contribution >= 0.6 is 0 Å². The number of nitrogens with zero attached hydrogens (tertiary/aromatic N) is 1. The number of rotatable bonds is 16. The maximum Gasteiger partial charge on any atom is 0.224 e. The van der Waals surface area contributed by atoms with Gasteiger partial charge in [-0.25, -0.2) is 0 Å². The van der Waals surface area contributed by atoms with Crippen molar-refractivity contribution in [2.24, 2.45) is 0 Å². The summed E-state index contributed by atoms with van der Waals surface area (Å²) in [6, 6.07) is 8.17. The molecule has 0 saturated heterocycles. The molecule has 0 aliphatic rings. The fourth-order valence-corrected chi connectivity index (χ4v) is 3.52. The molecule has 168 valence electrons. The normalized spacial score (nSPS) is 11.2. The third kappa shape index (κ3) is 14.9. The van der Waals surface area contributed by atoms with Crippen LogP contribution in [0.25, 0.3) is 0 Å². The summed E-state index contributed by atoms with van der Waals surface area (Å²) < 4.78 is 0.785. The molecule has 0 fully saturated rings. The smallest absolute Gasteiger partial charge is 0.224 e. The van der Waals surface area contributed by atoms with Gasteiger partial charge in [0.15, 0.2) is 0 Å². The molecule has 1 rings (SSSR count). The van der Waals surface area contributed by atoms with E-state index in [2.05, 4.69) is 45.5 Å². The van der Waals surface area contributed by atoms with Crippen molar-refractivity contribution in [3.63, 3.8) is 0 Å². The van der Waals surface area contributed by atoms with Gasteiger partial charge < -0.3 is 29.3 Å². The zero-order valence-electron chi connectivity index (χ0n) is 19.4. The summed E-state index contributed by atoms with van der Waals surface area (Å²) in [5.41, 5.74) is 2.13. The molecule has 0 aliphatic carbocycles. The van der Waals surface area contributed by atoms with E-state index in [1.165, 1.54) is 82.7 Å². The van der Waals surface area contributed by atoms with Crippen LogP contribution in [0, 0.1) is 0 Å². The van der Waals surface area contributed by atoms with Crippen molar-refractivity contribution in [1.82, 2.24) is 4.48 Å². The number of quaternary nitrogens is 1. The Morgan fingerprint density at radius 1 is 0.724 bits per heavy atom. The second-order valence-corrected chi connectivity index (χ2v) is 9.10. The first-order valence-corrected chi connectivity index (χ1v) is 11.7. The van der Waals surface area contributed by atoms with Crippen LogP contribution in [0.1, 0.15) is 96.8 Å². The van der Waals surface area contributed by atoms with E-state index in [9.17, 15) is 4.79 Å². The van der Waals surface area contributed by atoms with Crippen LogP contribution in [-0.4, -0.2) is 27.1 Å². The number of unbranched alkanes of at least 4 members (excludes halogenated alkanes) is 12. The molecular formula is C25H45IN2O. The van der Waals surface area contributed by atoms with Crippen molar-refractivity contribution in [3.05, 3.63) is 24.3 Å². The zero-order chi connectivity index (χ0) is 20.7. The van der Waals surface area contributed by atoms with Gasteiger partial charge in [0.25, 0.3) is 0 Å². The fraction of sp³-hybridized carbons (Fsp3) is 0.720. The van der Waals surface area contributed by atoms with Gasteiger partial charge >= 0.3 is 0 Å². The van der Waals surface area contributed by atoms with Crippen LogP contribution in [0.15, 0.2) is 24.3 Å². The highest BCUT2D eigenvalue weighted by Crippen LogP contribution is 2.20. The summed E-state index contributed by atoms with van der Waals surface area (Å²) in [5, 5.41) is 3.02. The largest absolute Gasteiger partial charge is 1.00 e. The van der Waals surface area contributed by atoms with Crippen LogP contribution in [0.2, 0.25) is 0 Å². The molecule has 0 saturated carbocycles. The molecule has 0 atom stereocenters. The summed E-state index contributed by atoms with van der Waals surface area (Å²) in [5.74, 6) is 0.140. The van der Waals surface area contributed by atoms with Gasteiger partial charge in [0.05, 0.1) is 21.1 Å². The van der Waals surface area contributed by atoms with E-state index in [0.717, 1.165) is 16.6 Å². The lowest BCUT2D eigenvalue weighted by Gasteiger charge is -2.23. The Kier molecular flexibility index (Phi) is 16.7. The van der Waals surface area contributed by atoms with E-state index in [0.29, 0.717) is 6.42 Å². The van der Waals surface area contributed by atoms with E-state index in [1.54, 1.807) is 0 Å². The maximum atomic E-state index is 12.1. The molecular weight excluding hydrogens is 471 g/mol. The van der Waals surface area contributed by atoms with Crippen molar-refractivity contribution in [3.8, 4) is 0 Å². The lowest BCUT2D eigenvalue weighted by atomic mass is 10.0. The molecule has 3 nitrogen and oxygen atoms in total. The molecule has 1 aromatic carbocycles. The summed E-state index contributed by atoms with van der Waals surface area (Å²) >= 11 is 0. The second-order valence-electron chi connectivity index (χ2n) is 9.10. The standard InChI is InChI=1S/C25H44N2O.HI/c1-5-6-7-8-9-10-11-12-13-14-15-16-17-18-25(28)26-23-19-21-24(22-20-23)27(2,3)4;/h19-22H,5-18H2,1-4H3;1H. The maximum absolute atomic E-state index is 12.1. The summed E-state index contributed by atoms with van der Waals surface area (Å²) in [6.45, 7) is 2.28. The second kappa shape index (κ2) is 17.1. The molecule has 0 bridgehead atoms. The lowest BCUT2D eigenvalue weighted by molar-refractivity contribution is -0.116. The quantitative estimate of drug-likeness (QED) is 0.198. The van der Waals surface area contributed by atoms with Crippen LogP contribution in [0.3, 0.4) is 0 Å². The Labute approximate surface area is 197 Å². The number of benzene rings is 1. The molecule has 0 aromatic heterocycles. The van der Waals surface area contributed by atoms with Gasteiger partial charge in [-0.3, -0.25) is 9.28 Å². The third-order valence-electron chi connectivity index (χ3n) is 5.43. The molecule has 0 radical (unpaired) electrons. The number of hydrogen-bond donors (Lipinski definition) is 1. The number of nitrogens with one attached hydrogen (secondary N) is 1. The number of halogens is 1. The van der Waals surface area contributed by atoms with E-state index >= 15 is 0 Å². The Bertz CT molecular complexity index is 523. The average Bonchev–Trinajstić information content (AvgIpc) is 2.65. The average molecular weight is 517 g/mol. The van der Waals surface area contributed by atoms with E-state index in [4.69, 9.17) is 0 Å². The molecule has 0 spiro atoms. The van der Waals surface area contributed by atoms with E-state index in [-0.39, 0.29) is 29.9 Å². The fourth-order valence-electron chi connectivity index (χ4n) is 3.52. The van der Waals surface area contributed by atoms with Gasteiger partial charge in [-0.15, -0.1) is 0 Å². The Morgan fingerprint density at radius 3 is 1.55 bits per heavy atom. The molecule has 0 heterocycles. The predicted octanol–water partition coefficient (Wildman–Crippen LogP) is 4.31. The minimum Gasteiger partial charge on any atom is -1.00 e. The van der Waals surface area contributed by atoms with Gasteiger partial charge in [0.1, 0.15) is 5.69 Å².